The summed E-state index contributed by atoms with van der Waals surface area (Å²) in [6.45, 7) is 0.811. The summed E-state index contributed by atoms with van der Waals surface area (Å²) in [5, 5.41) is 0. The van der Waals surface area contributed by atoms with Crippen LogP contribution in [-0.2, 0) is 0 Å². The monoisotopic (exact) mass is 220 g/mol. The Morgan fingerprint density at radius 3 is 2.75 bits per heavy atom. The molecule has 0 saturated heterocycles. The minimum absolute atomic E-state index is 0.166. The van der Waals surface area contributed by atoms with E-state index >= 15 is 0 Å². The van der Waals surface area contributed by atoms with E-state index < -0.39 is 0 Å². The predicted octanol–water partition coefficient (Wildman–Crippen LogP) is 2.17. The van der Waals surface area contributed by atoms with Crippen LogP contribution in [0.1, 0.15) is 6.42 Å². The van der Waals surface area contributed by atoms with Gasteiger partial charge in [-0.2, -0.15) is 0 Å². The van der Waals surface area contributed by atoms with Crippen LogP contribution >= 0.6 is 0 Å². The van der Waals surface area contributed by atoms with E-state index in [0.717, 1.165) is 13.0 Å². The van der Waals surface area contributed by atoms with Crippen LogP contribution in [0.3, 0.4) is 0 Å². The number of nitrogens with two attached hydrogens (primary N) is 1. The van der Waals surface area contributed by atoms with Gasteiger partial charge in [-0.15, -0.1) is 0 Å². The van der Waals surface area contributed by atoms with Gasteiger partial charge >= 0.3 is 0 Å². The first-order valence-corrected chi connectivity index (χ1v) is 5.56. The van der Waals surface area contributed by atoms with Gasteiger partial charge in [-0.05, 0) is 24.5 Å². The van der Waals surface area contributed by atoms with Crippen molar-refractivity contribution >= 4 is 5.69 Å². The van der Waals surface area contributed by atoms with Crippen molar-refractivity contribution in [2.24, 2.45) is 11.7 Å². The highest BCUT2D eigenvalue weighted by Gasteiger charge is 2.18. The van der Waals surface area contributed by atoms with Crippen LogP contribution in [0.25, 0.3) is 0 Å². The lowest BCUT2D eigenvalue weighted by Gasteiger charge is -2.23. The molecule has 2 unspecified atom stereocenters. The largest absolute Gasteiger partial charge is 0.372 e. The number of hydrogen-bond acceptors (Lipinski definition) is 2. The summed E-state index contributed by atoms with van der Waals surface area (Å²) >= 11 is 0. The Balaban J connectivity index is 2.01. The number of rotatable bonds is 3. The maximum atomic E-state index is 13.5. The molecule has 1 aliphatic rings. The summed E-state index contributed by atoms with van der Waals surface area (Å²) in [5.41, 5.74) is 6.44. The van der Waals surface area contributed by atoms with Crippen molar-refractivity contribution in [1.29, 1.82) is 0 Å². The van der Waals surface area contributed by atoms with E-state index in [1.165, 1.54) is 6.07 Å². The van der Waals surface area contributed by atoms with E-state index in [0.29, 0.717) is 11.6 Å². The molecule has 0 amide bonds. The van der Waals surface area contributed by atoms with Crippen LogP contribution < -0.4 is 10.6 Å². The second kappa shape index (κ2) is 4.66. The zero-order chi connectivity index (χ0) is 11.5. The van der Waals surface area contributed by atoms with Gasteiger partial charge in [0.15, 0.2) is 0 Å². The van der Waals surface area contributed by atoms with E-state index in [4.69, 9.17) is 5.73 Å². The maximum absolute atomic E-state index is 13.5. The van der Waals surface area contributed by atoms with Gasteiger partial charge in [0.1, 0.15) is 5.82 Å². The number of anilines is 1. The van der Waals surface area contributed by atoms with Crippen LogP contribution in [0.2, 0.25) is 0 Å². The lowest BCUT2D eigenvalue weighted by Crippen LogP contribution is -2.26. The average Bonchev–Trinajstić information content (AvgIpc) is 2.64. The summed E-state index contributed by atoms with van der Waals surface area (Å²) < 4.78 is 13.5. The van der Waals surface area contributed by atoms with Gasteiger partial charge in [-0.25, -0.2) is 4.39 Å². The molecule has 2 atom stereocenters. The van der Waals surface area contributed by atoms with Gasteiger partial charge in [0.2, 0.25) is 0 Å². The summed E-state index contributed by atoms with van der Waals surface area (Å²) in [7, 11) is 1.91. The first kappa shape index (κ1) is 11.1. The summed E-state index contributed by atoms with van der Waals surface area (Å²) in [5.74, 6) is 0.260. The number of halogens is 1. The predicted molar refractivity (Wildman–Crippen MR) is 64.9 cm³/mol. The molecule has 0 heterocycles. The molecule has 2 rings (SSSR count). The molecule has 0 bridgehead atoms. The average molecular weight is 220 g/mol. The van der Waals surface area contributed by atoms with E-state index in [1.54, 1.807) is 12.1 Å². The molecule has 2 N–H and O–H groups in total. The fraction of sp³-hybridized carbons (Fsp3) is 0.385. The molecule has 0 radical (unpaired) electrons. The maximum Gasteiger partial charge on any atom is 0.146 e. The van der Waals surface area contributed by atoms with E-state index in [9.17, 15) is 4.39 Å². The summed E-state index contributed by atoms with van der Waals surface area (Å²) in [6.07, 6.45) is 5.11. The van der Waals surface area contributed by atoms with Crippen LogP contribution in [0, 0.1) is 11.7 Å². The van der Waals surface area contributed by atoms with Gasteiger partial charge < -0.3 is 10.6 Å². The fourth-order valence-corrected chi connectivity index (χ4v) is 2.15. The highest BCUT2D eigenvalue weighted by Crippen LogP contribution is 2.22. The summed E-state index contributed by atoms with van der Waals surface area (Å²) in [4.78, 5) is 1.95. The summed E-state index contributed by atoms with van der Waals surface area (Å²) in [6, 6.07) is 7.01. The van der Waals surface area contributed by atoms with E-state index in [1.807, 2.05) is 24.1 Å². The lowest BCUT2D eigenvalue weighted by atomic mass is 10.1. The third kappa shape index (κ3) is 2.42. The van der Waals surface area contributed by atoms with Gasteiger partial charge in [0.05, 0.1) is 5.69 Å². The van der Waals surface area contributed by atoms with E-state index in [-0.39, 0.29) is 11.9 Å². The van der Waals surface area contributed by atoms with Crippen molar-refractivity contribution in [2.75, 3.05) is 18.5 Å². The quantitative estimate of drug-likeness (QED) is 0.791. The molecule has 2 nitrogen and oxygen atoms in total. The third-order valence-corrected chi connectivity index (χ3v) is 2.98. The zero-order valence-corrected chi connectivity index (χ0v) is 9.44. The number of hydrogen-bond donors (Lipinski definition) is 1. The first-order valence-electron chi connectivity index (χ1n) is 5.56. The van der Waals surface area contributed by atoms with Gasteiger partial charge in [0.25, 0.3) is 0 Å². The van der Waals surface area contributed by atoms with Crippen LogP contribution in [0.5, 0.6) is 0 Å². The van der Waals surface area contributed by atoms with Gasteiger partial charge in [0, 0.05) is 19.6 Å². The standard InChI is InChI=1S/C13H17FN2/c1-16(9-10-6-7-11(15)8-10)13-5-3-2-4-12(13)14/h2-7,10-11H,8-9,15H2,1H3. The van der Waals surface area contributed by atoms with Crippen molar-refractivity contribution in [3.8, 4) is 0 Å². The minimum Gasteiger partial charge on any atom is -0.372 e. The van der Waals surface area contributed by atoms with Crippen molar-refractivity contribution in [1.82, 2.24) is 0 Å². The van der Waals surface area contributed by atoms with Crippen molar-refractivity contribution in [3.63, 3.8) is 0 Å². The molecule has 1 aromatic carbocycles. The van der Waals surface area contributed by atoms with Crippen LogP contribution in [0.15, 0.2) is 36.4 Å². The molecular formula is C13H17FN2. The molecular weight excluding hydrogens is 203 g/mol. The molecule has 0 saturated carbocycles. The van der Waals surface area contributed by atoms with Crippen LogP contribution in [-0.4, -0.2) is 19.6 Å². The molecule has 0 aliphatic heterocycles. The topological polar surface area (TPSA) is 29.3 Å². The lowest BCUT2D eigenvalue weighted by molar-refractivity contribution is 0.573. The Bertz CT molecular complexity index is 389. The molecule has 16 heavy (non-hydrogen) atoms. The molecule has 1 aromatic rings. The molecule has 0 fully saturated rings. The molecule has 3 heteroatoms. The Hall–Kier alpha value is -1.35. The number of benzene rings is 1. The Morgan fingerprint density at radius 1 is 1.38 bits per heavy atom. The van der Waals surface area contributed by atoms with Crippen molar-refractivity contribution in [3.05, 3.63) is 42.2 Å². The van der Waals surface area contributed by atoms with Gasteiger partial charge in [-0.3, -0.25) is 0 Å². The van der Waals surface area contributed by atoms with Gasteiger partial charge in [-0.1, -0.05) is 24.3 Å². The number of nitrogens with zero attached hydrogens (tertiary/aromatic N) is 1. The number of para-hydroxylation sites is 1. The van der Waals surface area contributed by atoms with Crippen molar-refractivity contribution < 1.29 is 4.39 Å². The minimum atomic E-state index is -0.170. The smallest absolute Gasteiger partial charge is 0.146 e. The normalized spacial score (nSPS) is 23.7. The molecule has 0 aromatic heterocycles. The highest BCUT2D eigenvalue weighted by molar-refractivity contribution is 5.46. The molecule has 86 valence electrons. The van der Waals surface area contributed by atoms with E-state index in [2.05, 4.69) is 6.08 Å². The molecule has 1 aliphatic carbocycles. The second-order valence-corrected chi connectivity index (χ2v) is 4.38. The van der Waals surface area contributed by atoms with Crippen LogP contribution in [0.4, 0.5) is 10.1 Å². The van der Waals surface area contributed by atoms with Crippen molar-refractivity contribution in [2.45, 2.75) is 12.5 Å². The third-order valence-electron chi connectivity index (χ3n) is 2.98. The molecule has 0 spiro atoms. The Labute approximate surface area is 95.6 Å². The fourth-order valence-electron chi connectivity index (χ4n) is 2.15. The zero-order valence-electron chi connectivity index (χ0n) is 9.44. The Kier molecular flexibility index (Phi) is 3.25. The second-order valence-electron chi connectivity index (χ2n) is 4.38. The SMILES string of the molecule is CN(CC1C=CC(N)C1)c1ccccc1F. The Morgan fingerprint density at radius 2 is 2.12 bits per heavy atom. The highest BCUT2D eigenvalue weighted by atomic mass is 19.1. The first-order chi connectivity index (χ1) is 7.66.